The molecule has 3 atom stereocenters. The molecule has 0 aromatic rings. The average Bonchev–Trinajstić information content (AvgIpc) is 2.71. The Bertz CT molecular complexity index is 293. The van der Waals surface area contributed by atoms with E-state index in [0.717, 1.165) is 0 Å². The first-order valence-corrected chi connectivity index (χ1v) is 5.75. The van der Waals surface area contributed by atoms with Crippen molar-refractivity contribution in [2.75, 3.05) is 13.7 Å². The Morgan fingerprint density at radius 2 is 2.12 bits per heavy atom. The number of nitrogens with one attached hydrogen (secondary N) is 2. The standard InChI is InChI=1S/C11H20N2O4/c1-6(2)9(11(16)17-3)13-10(15)8-4-7(14)5-12-8/h6-9,12,14H,4-5H2,1-3H3,(H,13,15)/t7?,8?,9-/m0/s1. The quantitative estimate of drug-likeness (QED) is 0.553. The van der Waals surface area contributed by atoms with Gasteiger partial charge in [0.25, 0.3) is 0 Å². The molecule has 2 unspecified atom stereocenters. The number of amides is 1. The summed E-state index contributed by atoms with van der Waals surface area (Å²) in [4.78, 5) is 23.3. The molecule has 0 aliphatic carbocycles. The number of ether oxygens (including phenoxy) is 1. The van der Waals surface area contributed by atoms with Crippen molar-refractivity contribution in [3.63, 3.8) is 0 Å². The largest absolute Gasteiger partial charge is 0.467 e. The number of rotatable bonds is 4. The SMILES string of the molecule is COC(=O)[C@@H](NC(=O)C1CC(O)CN1)C(C)C. The van der Waals surface area contributed by atoms with Crippen LogP contribution >= 0.6 is 0 Å². The van der Waals surface area contributed by atoms with Gasteiger partial charge in [-0.1, -0.05) is 13.8 Å². The molecule has 0 aromatic heterocycles. The maximum absolute atomic E-state index is 11.8. The van der Waals surface area contributed by atoms with E-state index < -0.39 is 24.2 Å². The summed E-state index contributed by atoms with van der Waals surface area (Å²) >= 11 is 0. The molecule has 0 aromatic carbocycles. The Kier molecular flexibility index (Phi) is 4.89. The van der Waals surface area contributed by atoms with Gasteiger partial charge in [-0.15, -0.1) is 0 Å². The molecule has 1 saturated heterocycles. The molecule has 17 heavy (non-hydrogen) atoms. The number of hydrogen-bond donors (Lipinski definition) is 3. The van der Waals surface area contributed by atoms with E-state index in [9.17, 15) is 14.7 Å². The van der Waals surface area contributed by atoms with Crippen LogP contribution in [0.2, 0.25) is 0 Å². The predicted molar refractivity (Wildman–Crippen MR) is 61.2 cm³/mol. The molecule has 1 rings (SSSR count). The number of methoxy groups -OCH3 is 1. The molecule has 1 heterocycles. The molecule has 98 valence electrons. The summed E-state index contributed by atoms with van der Waals surface area (Å²) in [6.07, 6.45) is -0.126. The van der Waals surface area contributed by atoms with E-state index in [2.05, 4.69) is 15.4 Å². The Balaban J connectivity index is 2.55. The van der Waals surface area contributed by atoms with Gasteiger partial charge in [0.15, 0.2) is 0 Å². The van der Waals surface area contributed by atoms with Gasteiger partial charge in [0.2, 0.25) is 5.91 Å². The highest BCUT2D eigenvalue weighted by Crippen LogP contribution is 2.09. The summed E-state index contributed by atoms with van der Waals surface area (Å²) in [5.74, 6) is -0.768. The first-order chi connectivity index (χ1) is 7.95. The van der Waals surface area contributed by atoms with Crippen molar-refractivity contribution < 1.29 is 19.4 Å². The smallest absolute Gasteiger partial charge is 0.328 e. The zero-order valence-corrected chi connectivity index (χ0v) is 10.4. The maximum Gasteiger partial charge on any atom is 0.328 e. The molecule has 1 fully saturated rings. The second-order valence-electron chi connectivity index (χ2n) is 4.60. The number of aliphatic hydroxyl groups excluding tert-OH is 1. The van der Waals surface area contributed by atoms with Gasteiger partial charge in [0.1, 0.15) is 6.04 Å². The van der Waals surface area contributed by atoms with Crippen molar-refractivity contribution in [3.8, 4) is 0 Å². The molecule has 3 N–H and O–H groups in total. The predicted octanol–water partition coefficient (Wildman–Crippen LogP) is -0.977. The van der Waals surface area contributed by atoms with Crippen molar-refractivity contribution in [1.82, 2.24) is 10.6 Å². The van der Waals surface area contributed by atoms with Crippen LogP contribution in [-0.2, 0) is 14.3 Å². The highest BCUT2D eigenvalue weighted by molar-refractivity contribution is 5.87. The molecule has 0 radical (unpaired) electrons. The van der Waals surface area contributed by atoms with Crippen LogP contribution in [0.25, 0.3) is 0 Å². The lowest BCUT2D eigenvalue weighted by Crippen LogP contribution is -2.50. The number of carbonyl (C=O) groups is 2. The highest BCUT2D eigenvalue weighted by Gasteiger charge is 2.32. The van der Waals surface area contributed by atoms with E-state index in [1.54, 1.807) is 0 Å². The van der Waals surface area contributed by atoms with Crippen molar-refractivity contribution in [2.24, 2.45) is 5.92 Å². The fourth-order valence-corrected chi connectivity index (χ4v) is 1.80. The van der Waals surface area contributed by atoms with Crippen LogP contribution < -0.4 is 10.6 Å². The lowest BCUT2D eigenvalue weighted by molar-refractivity contribution is -0.146. The molecular weight excluding hydrogens is 224 g/mol. The fourth-order valence-electron chi connectivity index (χ4n) is 1.80. The van der Waals surface area contributed by atoms with Crippen LogP contribution in [0.4, 0.5) is 0 Å². The zero-order valence-electron chi connectivity index (χ0n) is 10.4. The number of carbonyl (C=O) groups excluding carboxylic acids is 2. The summed E-state index contributed by atoms with van der Waals surface area (Å²) in [6.45, 7) is 4.07. The van der Waals surface area contributed by atoms with Crippen LogP contribution in [0.5, 0.6) is 0 Å². The molecule has 6 heteroatoms. The second kappa shape index (κ2) is 5.97. The van der Waals surface area contributed by atoms with E-state index in [-0.39, 0.29) is 11.8 Å². The van der Waals surface area contributed by atoms with Gasteiger partial charge in [-0.05, 0) is 12.3 Å². The lowest BCUT2D eigenvalue weighted by atomic mass is 10.0. The van der Waals surface area contributed by atoms with E-state index in [1.807, 2.05) is 13.8 Å². The van der Waals surface area contributed by atoms with Gasteiger partial charge in [-0.3, -0.25) is 4.79 Å². The summed E-state index contributed by atoms with van der Waals surface area (Å²) in [5, 5.41) is 14.8. The third-order valence-corrected chi connectivity index (χ3v) is 2.84. The van der Waals surface area contributed by atoms with E-state index in [0.29, 0.717) is 13.0 Å². The lowest BCUT2D eigenvalue weighted by Gasteiger charge is -2.21. The molecule has 0 spiro atoms. The summed E-state index contributed by atoms with van der Waals surface area (Å²) < 4.78 is 4.63. The zero-order chi connectivity index (χ0) is 13.0. The van der Waals surface area contributed by atoms with Gasteiger partial charge >= 0.3 is 5.97 Å². The first kappa shape index (κ1) is 13.9. The minimum absolute atomic E-state index is 0.0438. The monoisotopic (exact) mass is 244 g/mol. The minimum Gasteiger partial charge on any atom is -0.467 e. The van der Waals surface area contributed by atoms with Crippen molar-refractivity contribution in [1.29, 1.82) is 0 Å². The van der Waals surface area contributed by atoms with Crippen molar-refractivity contribution in [3.05, 3.63) is 0 Å². The van der Waals surface area contributed by atoms with E-state index in [4.69, 9.17) is 0 Å². The van der Waals surface area contributed by atoms with Crippen molar-refractivity contribution >= 4 is 11.9 Å². The second-order valence-corrected chi connectivity index (χ2v) is 4.60. The average molecular weight is 244 g/mol. The molecule has 6 nitrogen and oxygen atoms in total. The Hall–Kier alpha value is -1.14. The van der Waals surface area contributed by atoms with Crippen LogP contribution in [0.3, 0.4) is 0 Å². The van der Waals surface area contributed by atoms with Crippen molar-refractivity contribution in [2.45, 2.75) is 38.5 Å². The first-order valence-electron chi connectivity index (χ1n) is 5.75. The summed E-state index contributed by atoms with van der Waals surface area (Å²) in [7, 11) is 1.29. The van der Waals surface area contributed by atoms with E-state index >= 15 is 0 Å². The summed E-state index contributed by atoms with van der Waals surface area (Å²) in [6, 6.07) is -1.08. The normalized spacial score (nSPS) is 25.7. The molecule has 1 aliphatic heterocycles. The van der Waals surface area contributed by atoms with Gasteiger partial charge in [-0.2, -0.15) is 0 Å². The molecule has 1 aliphatic rings. The minimum atomic E-state index is -0.646. The van der Waals surface area contributed by atoms with Crippen LogP contribution in [0.15, 0.2) is 0 Å². The highest BCUT2D eigenvalue weighted by atomic mass is 16.5. The van der Waals surface area contributed by atoms with Gasteiger partial charge < -0.3 is 20.5 Å². The maximum atomic E-state index is 11.8. The number of β-amino-alcohol motifs (C(OH)–C–C–N with tert-alkyl or cyclic N) is 1. The third kappa shape index (κ3) is 3.67. The van der Waals surface area contributed by atoms with Crippen LogP contribution in [0.1, 0.15) is 20.3 Å². The Labute approximate surface area is 101 Å². The molecular formula is C11H20N2O4. The van der Waals surface area contributed by atoms with Crippen LogP contribution in [0, 0.1) is 5.92 Å². The molecule has 0 saturated carbocycles. The van der Waals surface area contributed by atoms with Crippen LogP contribution in [-0.4, -0.2) is 48.8 Å². The van der Waals surface area contributed by atoms with Gasteiger partial charge in [0, 0.05) is 6.54 Å². The molecule has 1 amide bonds. The van der Waals surface area contributed by atoms with E-state index in [1.165, 1.54) is 7.11 Å². The number of aliphatic hydroxyl groups is 1. The Morgan fingerprint density at radius 3 is 2.53 bits per heavy atom. The van der Waals surface area contributed by atoms with Gasteiger partial charge in [0.05, 0.1) is 19.3 Å². The topological polar surface area (TPSA) is 87.7 Å². The summed E-state index contributed by atoms with van der Waals surface area (Å²) in [5.41, 5.74) is 0. The molecule has 0 bridgehead atoms. The Morgan fingerprint density at radius 1 is 1.47 bits per heavy atom. The number of esters is 1. The fraction of sp³-hybridized carbons (Fsp3) is 0.818. The van der Waals surface area contributed by atoms with Gasteiger partial charge in [-0.25, -0.2) is 4.79 Å². The number of hydrogen-bond acceptors (Lipinski definition) is 5. The third-order valence-electron chi connectivity index (χ3n) is 2.84.